The Bertz CT molecular complexity index is 1000. The van der Waals surface area contributed by atoms with Crippen LogP contribution in [0.4, 0.5) is 11.6 Å². The van der Waals surface area contributed by atoms with E-state index in [0.29, 0.717) is 17.0 Å². The van der Waals surface area contributed by atoms with E-state index in [1.165, 1.54) is 5.69 Å². The van der Waals surface area contributed by atoms with E-state index in [9.17, 15) is 4.79 Å². The van der Waals surface area contributed by atoms with Crippen LogP contribution in [0.3, 0.4) is 0 Å². The number of anilines is 2. The van der Waals surface area contributed by atoms with Crippen molar-refractivity contribution >= 4 is 22.7 Å². The van der Waals surface area contributed by atoms with Gasteiger partial charge in [-0.3, -0.25) is 14.7 Å². The van der Waals surface area contributed by atoms with Gasteiger partial charge in [0.15, 0.2) is 0 Å². The number of aromatic nitrogens is 3. The van der Waals surface area contributed by atoms with Gasteiger partial charge < -0.3 is 19.5 Å². The summed E-state index contributed by atoms with van der Waals surface area (Å²) in [6.07, 6.45) is 0. The van der Waals surface area contributed by atoms with Gasteiger partial charge in [-0.25, -0.2) is 0 Å². The van der Waals surface area contributed by atoms with Crippen molar-refractivity contribution in [2.45, 2.75) is 6.54 Å². The van der Waals surface area contributed by atoms with E-state index in [1.54, 1.807) is 12.0 Å². The minimum absolute atomic E-state index is 0.111. The minimum atomic E-state index is -0.111. The number of nitrogens with zero attached hydrogens (tertiary/aromatic N) is 4. The summed E-state index contributed by atoms with van der Waals surface area (Å²) in [6, 6.07) is 10.1. The predicted molar refractivity (Wildman–Crippen MR) is 112 cm³/mol. The summed E-state index contributed by atoms with van der Waals surface area (Å²) in [5.74, 6) is 1.43. The first-order valence-electron chi connectivity index (χ1n) is 9.44. The van der Waals surface area contributed by atoms with Gasteiger partial charge in [0.25, 0.3) is 5.56 Å². The maximum atomic E-state index is 12.3. The molecular formula is C20H26N6O2. The highest BCUT2D eigenvalue weighted by Crippen LogP contribution is 2.21. The molecule has 1 saturated heterocycles. The summed E-state index contributed by atoms with van der Waals surface area (Å²) < 4.78 is 5.23. The van der Waals surface area contributed by atoms with Gasteiger partial charge >= 0.3 is 0 Å². The monoisotopic (exact) mass is 382 g/mol. The Hall–Kier alpha value is -3.00. The Labute approximate surface area is 163 Å². The number of fused-ring (bicyclic) bond motifs is 1. The molecule has 1 fully saturated rings. The molecule has 0 radical (unpaired) electrons. The number of H-pyrrole nitrogens is 2. The van der Waals surface area contributed by atoms with Crippen molar-refractivity contribution in [2.75, 3.05) is 57.2 Å². The highest BCUT2D eigenvalue weighted by Gasteiger charge is 2.19. The van der Waals surface area contributed by atoms with Crippen molar-refractivity contribution in [1.29, 1.82) is 0 Å². The standard InChI is InChI=1S/C20H26N6O2/c1-24(2)20-22-18-17(19(27)23-20)12-14(21-18)13-25-8-10-26(11-9-25)15-4-6-16(28-3)7-5-15/h4-7,12H,8-11,13H2,1-3H3,(H2,21,22,23,27). The van der Waals surface area contributed by atoms with E-state index in [0.717, 1.165) is 44.2 Å². The van der Waals surface area contributed by atoms with Gasteiger partial charge in [-0.2, -0.15) is 4.98 Å². The molecule has 0 unspecified atom stereocenters. The highest BCUT2D eigenvalue weighted by atomic mass is 16.5. The molecule has 3 aromatic rings. The number of ether oxygens (including phenoxy) is 1. The number of piperazine rings is 1. The van der Waals surface area contributed by atoms with Gasteiger partial charge in [0.2, 0.25) is 5.95 Å². The summed E-state index contributed by atoms with van der Waals surface area (Å²) in [6.45, 7) is 4.65. The molecule has 0 atom stereocenters. The lowest BCUT2D eigenvalue weighted by Gasteiger charge is -2.36. The fraction of sp³-hybridized carbons (Fsp3) is 0.400. The average molecular weight is 382 g/mol. The number of methoxy groups -OCH3 is 1. The number of aromatic amines is 2. The molecule has 28 heavy (non-hydrogen) atoms. The van der Waals surface area contributed by atoms with E-state index in [4.69, 9.17) is 4.74 Å². The summed E-state index contributed by atoms with van der Waals surface area (Å²) in [7, 11) is 5.40. The quantitative estimate of drug-likeness (QED) is 0.698. The van der Waals surface area contributed by atoms with E-state index in [-0.39, 0.29) is 5.56 Å². The molecule has 8 heteroatoms. The number of benzene rings is 1. The van der Waals surface area contributed by atoms with Gasteiger partial charge in [-0.05, 0) is 30.3 Å². The molecule has 1 aromatic carbocycles. The van der Waals surface area contributed by atoms with E-state index < -0.39 is 0 Å². The number of hydrogen-bond donors (Lipinski definition) is 2. The van der Waals surface area contributed by atoms with Crippen molar-refractivity contribution in [3.05, 3.63) is 46.4 Å². The molecule has 1 aliphatic heterocycles. The lowest BCUT2D eigenvalue weighted by molar-refractivity contribution is 0.247. The van der Waals surface area contributed by atoms with Crippen LogP contribution in [0.1, 0.15) is 5.69 Å². The molecule has 2 aromatic heterocycles. The van der Waals surface area contributed by atoms with Crippen LogP contribution in [0.2, 0.25) is 0 Å². The van der Waals surface area contributed by atoms with Crippen LogP contribution in [0.5, 0.6) is 5.75 Å². The van der Waals surface area contributed by atoms with Crippen LogP contribution in [0.15, 0.2) is 35.1 Å². The number of hydrogen-bond acceptors (Lipinski definition) is 6. The van der Waals surface area contributed by atoms with Crippen molar-refractivity contribution in [1.82, 2.24) is 19.9 Å². The first-order chi connectivity index (χ1) is 13.5. The molecule has 4 rings (SSSR count). The molecular weight excluding hydrogens is 356 g/mol. The normalized spacial score (nSPS) is 15.2. The van der Waals surface area contributed by atoms with Crippen molar-refractivity contribution < 1.29 is 4.74 Å². The van der Waals surface area contributed by atoms with Gasteiger partial charge in [-0.1, -0.05) is 0 Å². The summed E-state index contributed by atoms with van der Waals surface area (Å²) >= 11 is 0. The summed E-state index contributed by atoms with van der Waals surface area (Å²) in [5.41, 5.74) is 2.76. The van der Waals surface area contributed by atoms with Crippen LogP contribution in [-0.4, -0.2) is 67.2 Å². The largest absolute Gasteiger partial charge is 0.497 e. The van der Waals surface area contributed by atoms with Gasteiger partial charge in [0.05, 0.1) is 12.5 Å². The molecule has 0 spiro atoms. The molecule has 0 saturated carbocycles. The van der Waals surface area contributed by atoms with Crippen LogP contribution in [-0.2, 0) is 6.54 Å². The Kier molecular flexibility index (Phi) is 4.95. The summed E-state index contributed by atoms with van der Waals surface area (Å²) in [4.78, 5) is 29.5. The molecule has 148 valence electrons. The van der Waals surface area contributed by atoms with Crippen molar-refractivity contribution in [3.8, 4) is 5.75 Å². The topological polar surface area (TPSA) is 80.5 Å². The molecule has 8 nitrogen and oxygen atoms in total. The molecule has 0 amide bonds. The van der Waals surface area contributed by atoms with E-state index in [1.807, 2.05) is 32.3 Å². The minimum Gasteiger partial charge on any atom is -0.497 e. The molecule has 0 bridgehead atoms. The van der Waals surface area contributed by atoms with Crippen LogP contribution >= 0.6 is 0 Å². The van der Waals surface area contributed by atoms with Crippen LogP contribution < -0.4 is 20.1 Å². The highest BCUT2D eigenvalue weighted by molar-refractivity contribution is 5.76. The third-order valence-electron chi connectivity index (χ3n) is 5.17. The van der Waals surface area contributed by atoms with E-state index in [2.05, 4.69) is 36.9 Å². The zero-order chi connectivity index (χ0) is 19.7. The fourth-order valence-electron chi connectivity index (χ4n) is 3.56. The number of nitrogens with one attached hydrogen (secondary N) is 2. The van der Waals surface area contributed by atoms with Crippen LogP contribution in [0.25, 0.3) is 11.0 Å². The van der Waals surface area contributed by atoms with Crippen LogP contribution in [0, 0.1) is 0 Å². The fourth-order valence-corrected chi connectivity index (χ4v) is 3.56. The lowest BCUT2D eigenvalue weighted by Crippen LogP contribution is -2.46. The second-order valence-electron chi connectivity index (χ2n) is 7.30. The third kappa shape index (κ3) is 3.68. The molecule has 2 N–H and O–H groups in total. The van der Waals surface area contributed by atoms with Crippen molar-refractivity contribution in [2.24, 2.45) is 0 Å². The Morgan fingerprint density at radius 2 is 1.82 bits per heavy atom. The molecule has 1 aliphatic rings. The SMILES string of the molecule is COc1ccc(N2CCN(Cc3cc4c(=O)[nH]c(N(C)C)nc4[nH]3)CC2)cc1. The lowest BCUT2D eigenvalue weighted by atomic mass is 10.2. The molecule has 3 heterocycles. The zero-order valence-electron chi connectivity index (χ0n) is 16.5. The van der Waals surface area contributed by atoms with Gasteiger partial charge in [-0.15, -0.1) is 0 Å². The first-order valence-corrected chi connectivity index (χ1v) is 9.44. The van der Waals surface area contributed by atoms with Gasteiger partial charge in [0, 0.05) is 58.2 Å². The zero-order valence-corrected chi connectivity index (χ0v) is 16.5. The van der Waals surface area contributed by atoms with Gasteiger partial charge in [0.1, 0.15) is 11.4 Å². The smallest absolute Gasteiger partial charge is 0.261 e. The summed E-state index contributed by atoms with van der Waals surface area (Å²) in [5, 5.41) is 0.609. The number of rotatable bonds is 5. The van der Waals surface area contributed by atoms with E-state index >= 15 is 0 Å². The van der Waals surface area contributed by atoms with Crippen molar-refractivity contribution in [3.63, 3.8) is 0 Å². The third-order valence-corrected chi connectivity index (χ3v) is 5.17. The predicted octanol–water partition coefficient (Wildman–Crippen LogP) is 1.65. The second-order valence-corrected chi connectivity index (χ2v) is 7.30. The Morgan fingerprint density at radius 3 is 2.46 bits per heavy atom. The average Bonchev–Trinajstić information content (AvgIpc) is 3.12. The maximum Gasteiger partial charge on any atom is 0.261 e. The maximum absolute atomic E-state index is 12.3. The Morgan fingerprint density at radius 1 is 1.11 bits per heavy atom. The Balaban J connectivity index is 1.41. The first kappa shape index (κ1) is 18.4. The second kappa shape index (κ2) is 7.55. The molecule has 0 aliphatic carbocycles.